The monoisotopic (exact) mass is 434 g/mol. The van der Waals surface area contributed by atoms with E-state index in [-0.39, 0.29) is 10.7 Å². The molecule has 0 aliphatic heterocycles. The quantitative estimate of drug-likeness (QED) is 0.491. The SMILES string of the molecule is COc1ccc(Br)cc1/C=C/C(=O)NC(=S)Nc1cccc(C(=O)O)c1. The third-order valence-corrected chi connectivity index (χ3v) is 3.91. The molecule has 3 N–H and O–H groups in total. The summed E-state index contributed by atoms with van der Waals surface area (Å²) < 4.78 is 6.09. The van der Waals surface area contributed by atoms with Gasteiger partial charge in [0, 0.05) is 21.8 Å². The highest BCUT2D eigenvalue weighted by Gasteiger charge is 2.06. The van der Waals surface area contributed by atoms with E-state index < -0.39 is 11.9 Å². The van der Waals surface area contributed by atoms with E-state index in [1.54, 1.807) is 31.4 Å². The number of aromatic carboxylic acids is 1. The lowest BCUT2D eigenvalue weighted by molar-refractivity contribution is -0.115. The van der Waals surface area contributed by atoms with Gasteiger partial charge in [-0.1, -0.05) is 22.0 Å². The Balaban J connectivity index is 1.99. The molecule has 2 aromatic carbocycles. The molecule has 0 aliphatic carbocycles. The fourth-order valence-corrected chi connectivity index (χ4v) is 2.64. The van der Waals surface area contributed by atoms with E-state index in [9.17, 15) is 9.59 Å². The van der Waals surface area contributed by atoms with Gasteiger partial charge >= 0.3 is 5.97 Å². The molecule has 0 aromatic heterocycles. The van der Waals surface area contributed by atoms with Gasteiger partial charge in [-0.25, -0.2) is 4.79 Å². The Morgan fingerprint density at radius 1 is 1.23 bits per heavy atom. The molecule has 6 nitrogen and oxygen atoms in total. The molecule has 0 atom stereocenters. The van der Waals surface area contributed by atoms with E-state index in [1.807, 2.05) is 12.1 Å². The van der Waals surface area contributed by atoms with E-state index >= 15 is 0 Å². The number of benzene rings is 2. The average molecular weight is 435 g/mol. The molecule has 0 saturated heterocycles. The number of halogens is 1. The molecule has 0 bridgehead atoms. The van der Waals surface area contributed by atoms with Crippen LogP contribution in [0.5, 0.6) is 5.75 Å². The fraction of sp³-hybridized carbons (Fsp3) is 0.0556. The number of carbonyl (C=O) groups is 2. The number of thiocarbonyl (C=S) groups is 1. The van der Waals surface area contributed by atoms with E-state index in [2.05, 4.69) is 26.6 Å². The number of amides is 1. The van der Waals surface area contributed by atoms with E-state index in [1.165, 1.54) is 18.2 Å². The maximum Gasteiger partial charge on any atom is 0.335 e. The lowest BCUT2D eigenvalue weighted by Crippen LogP contribution is -2.32. The third-order valence-electron chi connectivity index (χ3n) is 3.21. The van der Waals surface area contributed by atoms with Crippen LogP contribution in [0.4, 0.5) is 5.69 Å². The van der Waals surface area contributed by atoms with Crippen molar-refractivity contribution in [3.8, 4) is 5.75 Å². The molecule has 0 saturated carbocycles. The Kier molecular flexibility index (Phi) is 6.88. The minimum atomic E-state index is -1.05. The van der Waals surface area contributed by atoms with Crippen molar-refractivity contribution in [2.75, 3.05) is 12.4 Å². The van der Waals surface area contributed by atoms with Gasteiger partial charge in [-0.15, -0.1) is 0 Å². The van der Waals surface area contributed by atoms with Crippen LogP contribution in [0.3, 0.4) is 0 Å². The Bertz CT molecular complexity index is 883. The van der Waals surface area contributed by atoms with Crippen molar-refractivity contribution in [1.29, 1.82) is 0 Å². The summed E-state index contributed by atoms with van der Waals surface area (Å²) in [6, 6.07) is 11.5. The van der Waals surface area contributed by atoms with Crippen LogP contribution in [-0.2, 0) is 4.79 Å². The summed E-state index contributed by atoms with van der Waals surface area (Å²) in [7, 11) is 1.55. The van der Waals surface area contributed by atoms with Crippen molar-refractivity contribution in [3.63, 3.8) is 0 Å². The summed E-state index contributed by atoms with van der Waals surface area (Å²) in [4.78, 5) is 23.0. The van der Waals surface area contributed by atoms with Gasteiger partial charge in [0.15, 0.2) is 5.11 Å². The Morgan fingerprint density at radius 3 is 2.69 bits per heavy atom. The second kappa shape index (κ2) is 9.12. The second-order valence-electron chi connectivity index (χ2n) is 5.05. The molecule has 0 fully saturated rings. The minimum Gasteiger partial charge on any atom is -0.496 e. The lowest BCUT2D eigenvalue weighted by atomic mass is 10.2. The molecule has 26 heavy (non-hydrogen) atoms. The van der Waals surface area contributed by atoms with E-state index in [0.29, 0.717) is 11.4 Å². The Hall–Kier alpha value is -2.71. The maximum atomic E-state index is 12.0. The molecule has 0 unspecified atom stereocenters. The van der Waals surface area contributed by atoms with Crippen molar-refractivity contribution in [2.45, 2.75) is 0 Å². The van der Waals surface area contributed by atoms with Crippen molar-refractivity contribution in [1.82, 2.24) is 5.32 Å². The van der Waals surface area contributed by atoms with Gasteiger partial charge < -0.3 is 15.2 Å². The van der Waals surface area contributed by atoms with Gasteiger partial charge in [0.25, 0.3) is 0 Å². The number of carboxylic acid groups (broad SMARTS) is 1. The second-order valence-corrected chi connectivity index (χ2v) is 6.37. The molecule has 8 heteroatoms. The summed E-state index contributed by atoms with van der Waals surface area (Å²) in [5.41, 5.74) is 1.31. The number of ether oxygens (including phenoxy) is 1. The number of rotatable bonds is 5. The van der Waals surface area contributed by atoms with Crippen molar-refractivity contribution in [2.24, 2.45) is 0 Å². The first kappa shape index (κ1) is 19.6. The Morgan fingerprint density at radius 2 is 2.00 bits per heavy atom. The first-order valence-corrected chi connectivity index (χ1v) is 8.56. The average Bonchev–Trinajstić information content (AvgIpc) is 2.60. The molecule has 0 spiro atoms. The van der Waals surface area contributed by atoms with Crippen molar-refractivity contribution in [3.05, 3.63) is 64.1 Å². The van der Waals surface area contributed by atoms with Crippen LogP contribution in [-0.4, -0.2) is 29.2 Å². The summed E-state index contributed by atoms with van der Waals surface area (Å²) in [5.74, 6) is -0.850. The minimum absolute atomic E-state index is 0.0587. The summed E-state index contributed by atoms with van der Waals surface area (Å²) in [6.07, 6.45) is 2.93. The molecule has 0 radical (unpaired) electrons. The predicted octanol–water partition coefficient (Wildman–Crippen LogP) is 3.68. The normalized spacial score (nSPS) is 10.4. The van der Waals surface area contributed by atoms with Gasteiger partial charge in [0.1, 0.15) is 5.75 Å². The summed E-state index contributed by atoms with van der Waals surface area (Å²) in [6.45, 7) is 0. The smallest absolute Gasteiger partial charge is 0.335 e. The highest BCUT2D eigenvalue weighted by molar-refractivity contribution is 9.10. The summed E-state index contributed by atoms with van der Waals surface area (Å²) >= 11 is 8.43. The number of anilines is 1. The van der Waals surface area contributed by atoms with Crippen molar-refractivity contribution < 1.29 is 19.4 Å². The van der Waals surface area contributed by atoms with Crippen LogP contribution >= 0.6 is 28.1 Å². The van der Waals surface area contributed by atoms with E-state index in [0.717, 1.165) is 10.0 Å². The molecule has 134 valence electrons. The molecule has 2 rings (SSSR count). The van der Waals surface area contributed by atoms with Gasteiger partial charge in [-0.3, -0.25) is 10.1 Å². The number of carboxylic acids is 1. The zero-order valence-corrected chi connectivity index (χ0v) is 16.1. The number of carbonyl (C=O) groups excluding carboxylic acids is 1. The predicted molar refractivity (Wildman–Crippen MR) is 107 cm³/mol. The van der Waals surface area contributed by atoms with Crippen LogP contribution in [0.25, 0.3) is 6.08 Å². The topological polar surface area (TPSA) is 87.7 Å². The fourth-order valence-electron chi connectivity index (χ4n) is 2.05. The van der Waals surface area contributed by atoms with Crippen LogP contribution in [0.2, 0.25) is 0 Å². The molecular weight excluding hydrogens is 420 g/mol. The Labute approximate surface area is 164 Å². The number of nitrogens with one attached hydrogen (secondary N) is 2. The molecule has 2 aromatic rings. The van der Waals surface area contributed by atoms with E-state index in [4.69, 9.17) is 22.1 Å². The molecule has 1 amide bonds. The van der Waals surface area contributed by atoms with Crippen molar-refractivity contribution >= 4 is 56.9 Å². The van der Waals surface area contributed by atoms with Crippen LogP contribution in [0.1, 0.15) is 15.9 Å². The molecular formula is C18H15BrN2O4S. The molecule has 0 aliphatic rings. The van der Waals surface area contributed by atoms with Crippen LogP contribution < -0.4 is 15.4 Å². The van der Waals surface area contributed by atoms with Crippen LogP contribution in [0, 0.1) is 0 Å². The van der Waals surface area contributed by atoms with Gasteiger partial charge in [0.2, 0.25) is 5.91 Å². The van der Waals surface area contributed by atoms with Gasteiger partial charge in [-0.05, 0) is 54.7 Å². The van der Waals surface area contributed by atoms with Gasteiger partial charge in [-0.2, -0.15) is 0 Å². The third kappa shape index (κ3) is 5.68. The highest BCUT2D eigenvalue weighted by Crippen LogP contribution is 2.24. The maximum absolute atomic E-state index is 12.0. The molecule has 0 heterocycles. The number of hydrogen-bond acceptors (Lipinski definition) is 4. The standard InChI is InChI=1S/C18H15BrN2O4S/c1-25-15-7-6-13(19)9-11(15)5-8-16(22)21-18(26)20-14-4-2-3-12(10-14)17(23)24/h2-10H,1H3,(H,23,24)(H2,20,21,22,26)/b8-5+. The zero-order chi connectivity index (χ0) is 19.1. The van der Waals surface area contributed by atoms with Gasteiger partial charge in [0.05, 0.1) is 12.7 Å². The number of methoxy groups -OCH3 is 1. The lowest BCUT2D eigenvalue weighted by Gasteiger charge is -2.09. The first-order valence-electron chi connectivity index (χ1n) is 7.36. The zero-order valence-electron chi connectivity index (χ0n) is 13.7. The first-order chi connectivity index (χ1) is 12.4. The highest BCUT2D eigenvalue weighted by atomic mass is 79.9. The summed E-state index contributed by atoms with van der Waals surface area (Å²) in [5, 5.41) is 14.3. The largest absolute Gasteiger partial charge is 0.496 e. The number of hydrogen-bond donors (Lipinski definition) is 3. The van der Waals surface area contributed by atoms with Crippen LogP contribution in [0.15, 0.2) is 53.0 Å².